The molecule has 2 aromatic rings. The number of para-hydroxylation sites is 1. The van der Waals surface area contributed by atoms with Crippen molar-refractivity contribution < 1.29 is 18.7 Å². The van der Waals surface area contributed by atoms with Crippen LogP contribution in [-0.2, 0) is 11.2 Å². The average molecular weight is 357 g/mol. The van der Waals surface area contributed by atoms with Crippen molar-refractivity contribution in [3.05, 3.63) is 65.5 Å². The lowest BCUT2D eigenvalue weighted by molar-refractivity contribution is -0.121. The Morgan fingerprint density at radius 3 is 2.50 bits per heavy atom. The Kier molecular flexibility index (Phi) is 7.80. The number of rotatable bonds is 10. The molecule has 0 atom stereocenters. The zero-order chi connectivity index (χ0) is 18.8. The number of hydrogen-bond donors (Lipinski definition) is 1. The number of halogens is 1. The van der Waals surface area contributed by atoms with Crippen molar-refractivity contribution in [2.24, 2.45) is 0 Å². The van der Waals surface area contributed by atoms with Gasteiger partial charge in [0.25, 0.3) is 0 Å². The normalized spacial score (nSPS) is 10.4. The molecule has 0 heterocycles. The molecule has 26 heavy (non-hydrogen) atoms. The summed E-state index contributed by atoms with van der Waals surface area (Å²) in [5, 5.41) is 2.80. The van der Waals surface area contributed by atoms with Crippen LogP contribution in [0.15, 0.2) is 48.5 Å². The summed E-state index contributed by atoms with van der Waals surface area (Å²) in [7, 11) is 1.65. The van der Waals surface area contributed by atoms with E-state index in [1.807, 2.05) is 24.3 Å². The highest BCUT2D eigenvalue weighted by molar-refractivity contribution is 5.98. The second kappa shape index (κ2) is 10.3. The van der Waals surface area contributed by atoms with E-state index >= 15 is 0 Å². The Bertz CT molecular complexity index is 746. The number of carbonyl (C=O) groups excluding carboxylic acids is 2. The second-order valence-corrected chi connectivity index (χ2v) is 6.02. The van der Waals surface area contributed by atoms with E-state index in [4.69, 9.17) is 4.74 Å². The number of methoxy groups -OCH3 is 1. The molecule has 2 rings (SSSR count). The van der Waals surface area contributed by atoms with Crippen LogP contribution in [0.3, 0.4) is 0 Å². The lowest BCUT2D eigenvalue weighted by atomic mass is 10.1. The first-order chi connectivity index (χ1) is 12.6. The molecule has 0 aliphatic heterocycles. The van der Waals surface area contributed by atoms with Gasteiger partial charge in [-0.15, -0.1) is 0 Å². The summed E-state index contributed by atoms with van der Waals surface area (Å²) in [6.45, 7) is 0.557. The third-order valence-corrected chi connectivity index (χ3v) is 4.14. The molecule has 2 aromatic carbocycles. The zero-order valence-corrected chi connectivity index (χ0v) is 15.0. The van der Waals surface area contributed by atoms with Crippen LogP contribution in [0.1, 0.15) is 41.6 Å². The van der Waals surface area contributed by atoms with E-state index in [1.165, 1.54) is 18.2 Å². The zero-order valence-electron chi connectivity index (χ0n) is 15.0. The predicted octanol–water partition coefficient (Wildman–Crippen LogP) is 3.94. The van der Waals surface area contributed by atoms with Gasteiger partial charge in [-0.3, -0.25) is 9.59 Å². The highest BCUT2D eigenvalue weighted by atomic mass is 19.1. The second-order valence-electron chi connectivity index (χ2n) is 6.02. The molecule has 0 bridgehead atoms. The van der Waals surface area contributed by atoms with Crippen molar-refractivity contribution in [3.8, 4) is 5.75 Å². The van der Waals surface area contributed by atoms with Crippen LogP contribution < -0.4 is 10.1 Å². The number of ketones is 1. The Morgan fingerprint density at radius 2 is 1.73 bits per heavy atom. The summed E-state index contributed by atoms with van der Waals surface area (Å²) in [5.41, 5.74) is 1.19. The Balaban J connectivity index is 1.63. The first-order valence-electron chi connectivity index (χ1n) is 8.78. The van der Waals surface area contributed by atoms with Gasteiger partial charge in [-0.2, -0.15) is 0 Å². The fraction of sp³-hybridized carbons (Fsp3) is 0.333. The van der Waals surface area contributed by atoms with Crippen LogP contribution in [0.25, 0.3) is 0 Å². The molecular weight excluding hydrogens is 333 g/mol. The monoisotopic (exact) mass is 357 g/mol. The van der Waals surface area contributed by atoms with E-state index < -0.39 is 5.82 Å². The molecule has 5 heteroatoms. The number of amides is 1. The first-order valence-corrected chi connectivity index (χ1v) is 8.78. The van der Waals surface area contributed by atoms with Gasteiger partial charge < -0.3 is 10.1 Å². The molecule has 0 spiro atoms. The first kappa shape index (κ1) is 19.6. The molecular formula is C21H24FNO3. The Morgan fingerprint density at radius 1 is 1.00 bits per heavy atom. The maximum absolute atomic E-state index is 13.5. The van der Waals surface area contributed by atoms with E-state index in [2.05, 4.69) is 5.32 Å². The summed E-state index contributed by atoms with van der Waals surface area (Å²) in [6.07, 6.45) is 2.72. The van der Waals surface area contributed by atoms with E-state index in [9.17, 15) is 14.0 Å². The molecule has 0 aliphatic carbocycles. The molecule has 0 aromatic heterocycles. The van der Waals surface area contributed by atoms with Gasteiger partial charge in [0, 0.05) is 19.4 Å². The van der Waals surface area contributed by atoms with Crippen LogP contribution in [-0.4, -0.2) is 25.3 Å². The number of unbranched alkanes of at least 4 members (excludes halogenated alkanes) is 1. The highest BCUT2D eigenvalue weighted by Gasteiger charge is 2.12. The summed E-state index contributed by atoms with van der Waals surface area (Å²) >= 11 is 0. The smallest absolute Gasteiger partial charge is 0.220 e. The average Bonchev–Trinajstić information content (AvgIpc) is 2.66. The van der Waals surface area contributed by atoms with Gasteiger partial charge in [-0.1, -0.05) is 30.3 Å². The van der Waals surface area contributed by atoms with Crippen LogP contribution in [0, 0.1) is 5.82 Å². The van der Waals surface area contributed by atoms with Crippen molar-refractivity contribution in [1.82, 2.24) is 5.32 Å². The Labute approximate surface area is 153 Å². The molecule has 0 saturated carbocycles. The number of hydrogen-bond acceptors (Lipinski definition) is 3. The molecule has 1 N–H and O–H groups in total. The van der Waals surface area contributed by atoms with Gasteiger partial charge in [-0.25, -0.2) is 4.39 Å². The van der Waals surface area contributed by atoms with Crippen molar-refractivity contribution >= 4 is 11.7 Å². The maximum Gasteiger partial charge on any atom is 0.220 e. The predicted molar refractivity (Wildman–Crippen MR) is 98.9 cm³/mol. The quantitative estimate of drug-likeness (QED) is 0.518. The Hall–Kier alpha value is -2.69. The van der Waals surface area contributed by atoms with Gasteiger partial charge in [0.05, 0.1) is 12.7 Å². The lowest BCUT2D eigenvalue weighted by Crippen LogP contribution is -2.25. The van der Waals surface area contributed by atoms with Crippen LogP contribution >= 0.6 is 0 Å². The fourth-order valence-corrected chi connectivity index (χ4v) is 2.72. The largest absolute Gasteiger partial charge is 0.496 e. The molecule has 0 radical (unpaired) electrons. The van der Waals surface area contributed by atoms with Crippen LogP contribution in [0.2, 0.25) is 0 Å². The number of carbonyl (C=O) groups is 2. The molecule has 0 fully saturated rings. The number of benzene rings is 2. The third-order valence-electron chi connectivity index (χ3n) is 4.14. The van der Waals surface area contributed by atoms with E-state index in [0.29, 0.717) is 6.54 Å². The van der Waals surface area contributed by atoms with Gasteiger partial charge >= 0.3 is 0 Å². The molecule has 0 saturated heterocycles. The van der Waals surface area contributed by atoms with Crippen LogP contribution in [0.4, 0.5) is 4.39 Å². The maximum atomic E-state index is 13.5. The molecule has 138 valence electrons. The van der Waals surface area contributed by atoms with E-state index in [1.54, 1.807) is 13.2 Å². The van der Waals surface area contributed by atoms with Crippen LogP contribution in [0.5, 0.6) is 5.75 Å². The summed E-state index contributed by atoms with van der Waals surface area (Å²) in [5.74, 6) is -0.209. The molecule has 4 nitrogen and oxygen atoms in total. The van der Waals surface area contributed by atoms with Crippen molar-refractivity contribution in [2.45, 2.75) is 32.1 Å². The number of aryl methyl sites for hydroxylation is 1. The standard InChI is InChI=1S/C21H24FNO3/c1-26-20-12-5-2-8-16(20)9-6-7-15-23-21(25)14-13-19(24)17-10-3-4-11-18(17)22/h2-5,8,10-12H,6-7,9,13-15H2,1H3,(H,23,25). The highest BCUT2D eigenvalue weighted by Crippen LogP contribution is 2.19. The minimum Gasteiger partial charge on any atom is -0.496 e. The van der Waals surface area contributed by atoms with Gasteiger partial charge in [-0.05, 0) is 43.0 Å². The fourth-order valence-electron chi connectivity index (χ4n) is 2.72. The SMILES string of the molecule is COc1ccccc1CCCCNC(=O)CCC(=O)c1ccccc1F. The third kappa shape index (κ3) is 5.99. The van der Waals surface area contributed by atoms with Crippen molar-refractivity contribution in [2.75, 3.05) is 13.7 Å². The van der Waals surface area contributed by atoms with E-state index in [-0.39, 0.29) is 30.1 Å². The summed E-state index contributed by atoms with van der Waals surface area (Å²) < 4.78 is 18.8. The minimum absolute atomic E-state index is 0.00792. The molecule has 0 aliphatic rings. The topological polar surface area (TPSA) is 55.4 Å². The molecule has 0 unspecified atom stereocenters. The summed E-state index contributed by atoms with van der Waals surface area (Å²) in [6, 6.07) is 13.7. The van der Waals surface area contributed by atoms with Crippen molar-refractivity contribution in [3.63, 3.8) is 0 Å². The number of Topliss-reactive ketones (excluding diaryl/α,β-unsaturated/α-hetero) is 1. The summed E-state index contributed by atoms with van der Waals surface area (Å²) in [4.78, 5) is 23.8. The lowest BCUT2D eigenvalue weighted by Gasteiger charge is -2.08. The van der Waals surface area contributed by atoms with Gasteiger partial charge in [0.15, 0.2) is 5.78 Å². The number of nitrogens with one attached hydrogen (secondary N) is 1. The van der Waals surface area contributed by atoms with E-state index in [0.717, 1.165) is 30.6 Å². The molecule has 1 amide bonds. The van der Waals surface area contributed by atoms with Gasteiger partial charge in [0.2, 0.25) is 5.91 Å². The van der Waals surface area contributed by atoms with Gasteiger partial charge in [0.1, 0.15) is 11.6 Å². The minimum atomic E-state index is -0.547. The number of ether oxygens (including phenoxy) is 1. The van der Waals surface area contributed by atoms with Crippen molar-refractivity contribution in [1.29, 1.82) is 0 Å².